The molecule has 2 aromatic rings. The normalized spacial score (nSPS) is 10.6. The molecule has 0 spiro atoms. The number of nitrogens with zero attached hydrogens (tertiary/aromatic N) is 1. The highest BCUT2D eigenvalue weighted by atomic mass is 35.5. The molecule has 4 nitrogen and oxygen atoms in total. The van der Waals surface area contributed by atoms with E-state index in [9.17, 15) is 0 Å². The zero-order valence-corrected chi connectivity index (χ0v) is 8.01. The predicted octanol–water partition coefficient (Wildman–Crippen LogP) is 1.96. The van der Waals surface area contributed by atoms with Gasteiger partial charge in [0, 0.05) is 11.4 Å². The Bertz CT molecular complexity index is 492. The number of hydrogen-bond acceptors (Lipinski definition) is 3. The van der Waals surface area contributed by atoms with Crippen molar-refractivity contribution in [2.45, 2.75) is 6.42 Å². The summed E-state index contributed by atoms with van der Waals surface area (Å²) in [6.07, 6.45) is 1.69. The molecular formula is C9H8ClN3O. The monoisotopic (exact) mass is 209 g/mol. The summed E-state index contributed by atoms with van der Waals surface area (Å²) in [5.41, 5.74) is 7.44. The maximum Gasteiger partial charge on any atom is 0.181 e. The number of benzene rings is 1. The van der Waals surface area contributed by atoms with Gasteiger partial charge in [-0.3, -0.25) is 5.41 Å². The molecule has 0 saturated carbocycles. The molecule has 14 heavy (non-hydrogen) atoms. The van der Waals surface area contributed by atoms with Crippen LogP contribution in [0.25, 0.3) is 11.1 Å². The van der Waals surface area contributed by atoms with E-state index < -0.39 is 0 Å². The summed E-state index contributed by atoms with van der Waals surface area (Å²) in [7, 11) is 0. The third kappa shape index (κ3) is 1.56. The van der Waals surface area contributed by atoms with Crippen molar-refractivity contribution >= 4 is 28.5 Å². The van der Waals surface area contributed by atoms with E-state index >= 15 is 0 Å². The first kappa shape index (κ1) is 9.02. The van der Waals surface area contributed by atoms with Crippen molar-refractivity contribution in [3.63, 3.8) is 0 Å². The second-order valence-corrected chi connectivity index (χ2v) is 3.37. The first-order valence-corrected chi connectivity index (χ1v) is 4.39. The van der Waals surface area contributed by atoms with Crippen LogP contribution in [0, 0.1) is 5.41 Å². The Kier molecular flexibility index (Phi) is 2.13. The highest BCUT2D eigenvalue weighted by Gasteiger charge is 2.06. The fourth-order valence-electron chi connectivity index (χ4n) is 1.26. The van der Waals surface area contributed by atoms with Gasteiger partial charge in [-0.25, -0.2) is 4.98 Å². The molecule has 0 atom stereocenters. The number of amidine groups is 1. The minimum Gasteiger partial charge on any atom is -0.443 e. The highest BCUT2D eigenvalue weighted by molar-refractivity contribution is 6.32. The number of oxazole rings is 1. The molecule has 0 radical (unpaired) electrons. The number of nitrogens with one attached hydrogen (secondary N) is 1. The van der Waals surface area contributed by atoms with Crippen LogP contribution in [0.15, 0.2) is 22.9 Å². The van der Waals surface area contributed by atoms with Crippen LogP contribution in [-0.4, -0.2) is 10.8 Å². The van der Waals surface area contributed by atoms with Crippen molar-refractivity contribution in [2.75, 3.05) is 0 Å². The van der Waals surface area contributed by atoms with Gasteiger partial charge in [0.05, 0.1) is 5.84 Å². The van der Waals surface area contributed by atoms with Crippen molar-refractivity contribution < 1.29 is 4.42 Å². The molecule has 0 unspecified atom stereocenters. The third-order valence-electron chi connectivity index (χ3n) is 1.88. The summed E-state index contributed by atoms with van der Waals surface area (Å²) >= 11 is 5.97. The van der Waals surface area contributed by atoms with Gasteiger partial charge in [-0.05, 0) is 17.7 Å². The molecule has 1 aromatic heterocycles. The smallest absolute Gasteiger partial charge is 0.181 e. The summed E-state index contributed by atoms with van der Waals surface area (Å²) < 4.78 is 5.11. The largest absolute Gasteiger partial charge is 0.443 e. The molecule has 0 saturated heterocycles. The van der Waals surface area contributed by atoms with Crippen LogP contribution >= 0.6 is 11.6 Å². The first-order valence-electron chi connectivity index (χ1n) is 4.01. The number of rotatable bonds is 2. The van der Waals surface area contributed by atoms with Crippen molar-refractivity contribution in [1.82, 2.24) is 4.98 Å². The Labute approximate surface area is 85.2 Å². The Morgan fingerprint density at radius 1 is 1.57 bits per heavy atom. The second kappa shape index (κ2) is 3.31. The van der Waals surface area contributed by atoms with Gasteiger partial charge < -0.3 is 10.2 Å². The van der Waals surface area contributed by atoms with E-state index in [1.165, 1.54) is 6.39 Å². The second-order valence-electron chi connectivity index (χ2n) is 2.97. The van der Waals surface area contributed by atoms with E-state index in [1.54, 1.807) is 12.1 Å². The molecule has 0 fully saturated rings. The molecule has 0 aliphatic rings. The predicted molar refractivity (Wildman–Crippen MR) is 54.6 cm³/mol. The standard InChI is InChI=1S/C9H8ClN3O/c10-6-3-7-8(14-4-13-7)1-5(6)2-9(11)12/h1,3-4H,2H2,(H3,11,12). The lowest BCUT2D eigenvalue weighted by Crippen LogP contribution is -2.12. The summed E-state index contributed by atoms with van der Waals surface area (Å²) in [4.78, 5) is 3.96. The van der Waals surface area contributed by atoms with Crippen LogP contribution in [0.4, 0.5) is 0 Å². The van der Waals surface area contributed by atoms with Gasteiger partial charge in [-0.1, -0.05) is 11.6 Å². The number of nitrogens with two attached hydrogens (primary N) is 1. The number of aromatic nitrogens is 1. The molecule has 5 heteroatoms. The lowest BCUT2D eigenvalue weighted by molar-refractivity contribution is 0.602. The van der Waals surface area contributed by atoms with Crippen LogP contribution in [0.1, 0.15) is 5.56 Å². The van der Waals surface area contributed by atoms with Crippen molar-refractivity contribution in [2.24, 2.45) is 5.73 Å². The Balaban J connectivity index is 2.53. The molecule has 2 rings (SSSR count). The van der Waals surface area contributed by atoms with Crippen molar-refractivity contribution in [1.29, 1.82) is 5.41 Å². The topological polar surface area (TPSA) is 75.9 Å². The quantitative estimate of drug-likeness (QED) is 0.586. The fourth-order valence-corrected chi connectivity index (χ4v) is 1.49. The van der Waals surface area contributed by atoms with Gasteiger partial charge in [-0.2, -0.15) is 0 Å². The summed E-state index contributed by atoms with van der Waals surface area (Å²) in [5.74, 6) is 0.0748. The van der Waals surface area contributed by atoms with E-state index in [-0.39, 0.29) is 5.84 Å². The van der Waals surface area contributed by atoms with Gasteiger partial charge in [0.1, 0.15) is 5.52 Å². The minimum atomic E-state index is 0.0748. The minimum absolute atomic E-state index is 0.0748. The molecule has 72 valence electrons. The fraction of sp³-hybridized carbons (Fsp3) is 0.111. The zero-order valence-electron chi connectivity index (χ0n) is 7.25. The summed E-state index contributed by atoms with van der Waals surface area (Å²) in [5, 5.41) is 7.73. The molecule has 0 bridgehead atoms. The molecule has 3 N–H and O–H groups in total. The van der Waals surface area contributed by atoms with Gasteiger partial charge in [-0.15, -0.1) is 0 Å². The Morgan fingerprint density at radius 3 is 3.07 bits per heavy atom. The summed E-state index contributed by atoms with van der Waals surface area (Å²) in [6, 6.07) is 3.46. The lowest BCUT2D eigenvalue weighted by atomic mass is 10.1. The van der Waals surface area contributed by atoms with Crippen LogP contribution in [0.3, 0.4) is 0 Å². The summed E-state index contributed by atoms with van der Waals surface area (Å²) in [6.45, 7) is 0. The molecule has 0 aliphatic heterocycles. The molecule has 0 aliphatic carbocycles. The zero-order chi connectivity index (χ0) is 10.1. The van der Waals surface area contributed by atoms with Crippen LogP contribution in [0.5, 0.6) is 0 Å². The molecule has 1 heterocycles. The van der Waals surface area contributed by atoms with Crippen molar-refractivity contribution in [3.05, 3.63) is 29.1 Å². The lowest BCUT2D eigenvalue weighted by Gasteiger charge is -2.01. The maximum atomic E-state index is 7.17. The van der Waals surface area contributed by atoms with Gasteiger partial charge in [0.2, 0.25) is 0 Å². The van der Waals surface area contributed by atoms with E-state index in [1.807, 2.05) is 0 Å². The Morgan fingerprint density at radius 2 is 2.36 bits per heavy atom. The van der Waals surface area contributed by atoms with E-state index in [0.717, 1.165) is 5.56 Å². The third-order valence-corrected chi connectivity index (χ3v) is 2.23. The SMILES string of the molecule is N=C(N)Cc1cc2ocnc2cc1Cl. The van der Waals surface area contributed by atoms with E-state index in [0.29, 0.717) is 22.5 Å². The van der Waals surface area contributed by atoms with Gasteiger partial charge in [0.15, 0.2) is 12.0 Å². The number of fused-ring (bicyclic) bond motifs is 1. The van der Waals surface area contributed by atoms with Gasteiger partial charge >= 0.3 is 0 Å². The molecule has 0 amide bonds. The van der Waals surface area contributed by atoms with Crippen molar-refractivity contribution in [3.8, 4) is 0 Å². The molecule has 1 aromatic carbocycles. The number of halogens is 1. The van der Waals surface area contributed by atoms with Crippen LogP contribution < -0.4 is 5.73 Å². The number of hydrogen-bond donors (Lipinski definition) is 2. The van der Waals surface area contributed by atoms with Crippen LogP contribution in [-0.2, 0) is 6.42 Å². The Hall–Kier alpha value is -1.55. The maximum absolute atomic E-state index is 7.17. The van der Waals surface area contributed by atoms with Gasteiger partial charge in [0.25, 0.3) is 0 Å². The van der Waals surface area contributed by atoms with E-state index in [2.05, 4.69) is 4.98 Å². The average Bonchev–Trinajstić information content (AvgIpc) is 2.51. The average molecular weight is 210 g/mol. The highest BCUT2D eigenvalue weighted by Crippen LogP contribution is 2.23. The first-order chi connectivity index (χ1) is 6.66. The van der Waals surface area contributed by atoms with E-state index in [4.69, 9.17) is 27.2 Å². The molecular weight excluding hydrogens is 202 g/mol. The van der Waals surface area contributed by atoms with Crippen LogP contribution in [0.2, 0.25) is 5.02 Å².